The van der Waals surface area contributed by atoms with Crippen molar-refractivity contribution in [2.24, 2.45) is 11.8 Å². The molecule has 1 rings (SSSR count). The van der Waals surface area contributed by atoms with Gasteiger partial charge in [0.1, 0.15) is 0 Å². The first-order valence-electron chi connectivity index (χ1n) is 8.68. The predicted molar refractivity (Wildman–Crippen MR) is 91.0 cm³/mol. The Bertz CT molecular complexity index is 432. The van der Waals surface area contributed by atoms with Gasteiger partial charge in [0.05, 0.1) is 5.56 Å². The van der Waals surface area contributed by atoms with Gasteiger partial charge in [0.2, 0.25) is 6.29 Å². The smallest absolute Gasteiger partial charge is 0.340 e. The van der Waals surface area contributed by atoms with E-state index in [9.17, 15) is 15.0 Å². The lowest BCUT2D eigenvalue weighted by molar-refractivity contribution is -0.120. The minimum absolute atomic E-state index is 0.00826. The van der Waals surface area contributed by atoms with Crippen molar-refractivity contribution in [1.82, 2.24) is 0 Å². The van der Waals surface area contributed by atoms with Crippen LogP contribution in [0, 0.1) is 11.8 Å². The summed E-state index contributed by atoms with van der Waals surface area (Å²) in [5.41, 5.74) is 0.426. The Morgan fingerprint density at radius 3 is 2.26 bits per heavy atom. The van der Waals surface area contributed by atoms with E-state index in [-0.39, 0.29) is 18.4 Å². The third-order valence-electron chi connectivity index (χ3n) is 4.26. The van der Waals surface area contributed by atoms with E-state index in [2.05, 4.69) is 13.8 Å². The number of ether oxygens (including phenoxy) is 1. The van der Waals surface area contributed by atoms with Gasteiger partial charge < -0.3 is 14.9 Å². The number of carbonyl (C=O) groups excluding carboxylic acids is 1. The second-order valence-corrected chi connectivity index (χ2v) is 6.05. The van der Waals surface area contributed by atoms with E-state index in [1.165, 1.54) is 0 Å². The molecule has 0 amide bonds. The topological polar surface area (TPSA) is 66.8 Å². The first-order chi connectivity index (χ1) is 11.1. The number of esters is 1. The Labute approximate surface area is 139 Å². The van der Waals surface area contributed by atoms with Gasteiger partial charge in [0.15, 0.2) is 0 Å². The van der Waals surface area contributed by atoms with Crippen LogP contribution in [0.5, 0.6) is 0 Å². The van der Waals surface area contributed by atoms with Gasteiger partial charge >= 0.3 is 5.97 Å². The number of hydrogen-bond donors (Lipinski definition) is 2. The van der Waals surface area contributed by atoms with E-state index >= 15 is 0 Å². The van der Waals surface area contributed by atoms with Gasteiger partial charge in [-0.1, -0.05) is 57.7 Å². The highest BCUT2D eigenvalue weighted by molar-refractivity contribution is 5.89. The molecule has 0 aromatic heterocycles. The van der Waals surface area contributed by atoms with E-state index in [0.29, 0.717) is 5.56 Å². The number of hydrogen-bond acceptors (Lipinski definition) is 4. The molecular formula is C19H30O4. The summed E-state index contributed by atoms with van der Waals surface area (Å²) in [6.45, 7) is 4.19. The SMILES string of the molecule is CCCCC(CO)C(CCCC)C(O)OC(=O)c1ccccc1. The molecule has 3 unspecified atom stereocenters. The Morgan fingerprint density at radius 1 is 1.09 bits per heavy atom. The van der Waals surface area contributed by atoms with Crippen molar-refractivity contribution < 1.29 is 19.7 Å². The summed E-state index contributed by atoms with van der Waals surface area (Å²) in [6.07, 6.45) is 4.37. The summed E-state index contributed by atoms with van der Waals surface area (Å²) in [5.74, 6) is -0.786. The highest BCUT2D eigenvalue weighted by Crippen LogP contribution is 2.28. The predicted octanol–water partition coefficient (Wildman–Crippen LogP) is 3.77. The normalized spacial score (nSPS) is 15.0. The maximum absolute atomic E-state index is 12.1. The average Bonchev–Trinajstić information content (AvgIpc) is 2.58. The van der Waals surface area contributed by atoms with E-state index < -0.39 is 12.3 Å². The largest absolute Gasteiger partial charge is 0.432 e. The van der Waals surface area contributed by atoms with Crippen LogP contribution in [-0.2, 0) is 4.74 Å². The van der Waals surface area contributed by atoms with E-state index in [4.69, 9.17) is 4.74 Å². The van der Waals surface area contributed by atoms with Crippen molar-refractivity contribution in [3.63, 3.8) is 0 Å². The number of rotatable bonds is 11. The fraction of sp³-hybridized carbons (Fsp3) is 0.632. The molecule has 0 aliphatic rings. The zero-order valence-electron chi connectivity index (χ0n) is 14.3. The van der Waals surface area contributed by atoms with E-state index in [1.54, 1.807) is 24.3 Å². The van der Waals surface area contributed by atoms with Crippen molar-refractivity contribution >= 4 is 5.97 Å². The molecule has 0 radical (unpaired) electrons. The summed E-state index contributed by atoms with van der Waals surface area (Å²) in [5, 5.41) is 20.1. The van der Waals surface area contributed by atoms with Crippen LogP contribution in [0.4, 0.5) is 0 Å². The summed E-state index contributed by atoms with van der Waals surface area (Å²) < 4.78 is 5.26. The molecule has 0 aliphatic carbocycles. The van der Waals surface area contributed by atoms with Crippen LogP contribution in [-0.4, -0.2) is 29.1 Å². The molecule has 0 aliphatic heterocycles. The Balaban J connectivity index is 2.73. The molecule has 0 fully saturated rings. The second-order valence-electron chi connectivity index (χ2n) is 6.05. The fourth-order valence-electron chi connectivity index (χ4n) is 2.80. The lowest BCUT2D eigenvalue weighted by Gasteiger charge is -2.29. The second kappa shape index (κ2) is 11.2. The van der Waals surface area contributed by atoms with Gasteiger partial charge in [0.25, 0.3) is 0 Å². The number of carbonyl (C=O) groups is 1. The molecule has 23 heavy (non-hydrogen) atoms. The van der Waals surface area contributed by atoms with Gasteiger partial charge in [-0.15, -0.1) is 0 Å². The molecule has 1 aromatic carbocycles. The van der Waals surface area contributed by atoms with Gasteiger partial charge in [-0.3, -0.25) is 0 Å². The lowest BCUT2D eigenvalue weighted by Crippen LogP contribution is -2.34. The monoisotopic (exact) mass is 322 g/mol. The molecule has 2 N–H and O–H groups in total. The third-order valence-corrected chi connectivity index (χ3v) is 4.26. The first-order valence-corrected chi connectivity index (χ1v) is 8.68. The molecule has 0 saturated carbocycles. The van der Waals surface area contributed by atoms with Crippen LogP contribution in [0.15, 0.2) is 30.3 Å². The van der Waals surface area contributed by atoms with Gasteiger partial charge in [-0.05, 0) is 30.9 Å². The van der Waals surface area contributed by atoms with Crippen LogP contribution in [0.3, 0.4) is 0 Å². The van der Waals surface area contributed by atoms with Crippen molar-refractivity contribution in [2.45, 2.75) is 58.7 Å². The minimum atomic E-state index is -1.18. The molecule has 0 heterocycles. The number of unbranched alkanes of at least 4 members (excludes halogenated alkanes) is 2. The van der Waals surface area contributed by atoms with E-state index in [1.807, 2.05) is 6.07 Å². The number of benzene rings is 1. The molecule has 0 spiro atoms. The maximum atomic E-state index is 12.1. The lowest BCUT2D eigenvalue weighted by atomic mass is 9.84. The van der Waals surface area contributed by atoms with Crippen molar-refractivity contribution in [1.29, 1.82) is 0 Å². The summed E-state index contributed by atoms with van der Waals surface area (Å²) in [4.78, 5) is 12.1. The minimum Gasteiger partial charge on any atom is -0.432 e. The maximum Gasteiger partial charge on any atom is 0.340 e. The van der Waals surface area contributed by atoms with Crippen LogP contribution in [0.2, 0.25) is 0 Å². The molecule has 3 atom stereocenters. The standard InChI is InChI=1S/C19H30O4/c1-3-5-10-16(14-20)17(13-6-4-2)19(22)23-18(21)15-11-8-7-9-12-15/h7-9,11-12,16-17,19-20,22H,3-6,10,13-14H2,1-2H3. The molecule has 4 heteroatoms. The van der Waals surface area contributed by atoms with Crippen molar-refractivity contribution in [2.75, 3.05) is 6.61 Å². The first kappa shape index (κ1) is 19.7. The molecule has 130 valence electrons. The highest BCUT2D eigenvalue weighted by atomic mass is 16.6. The summed E-state index contributed by atoms with van der Waals surface area (Å²) in [6, 6.07) is 8.67. The molecule has 4 nitrogen and oxygen atoms in total. The molecule has 0 bridgehead atoms. The molecule has 0 saturated heterocycles. The van der Waals surface area contributed by atoms with Crippen molar-refractivity contribution in [3.05, 3.63) is 35.9 Å². The summed E-state index contributed by atoms with van der Waals surface area (Å²) in [7, 11) is 0. The molecule has 1 aromatic rings. The van der Waals surface area contributed by atoms with Crippen LogP contribution in [0.1, 0.15) is 62.7 Å². The van der Waals surface area contributed by atoms with E-state index in [0.717, 1.165) is 38.5 Å². The van der Waals surface area contributed by atoms with Crippen LogP contribution >= 0.6 is 0 Å². The van der Waals surface area contributed by atoms with Crippen molar-refractivity contribution in [3.8, 4) is 0 Å². The zero-order valence-corrected chi connectivity index (χ0v) is 14.3. The Morgan fingerprint density at radius 2 is 1.70 bits per heavy atom. The molecular weight excluding hydrogens is 292 g/mol. The van der Waals surface area contributed by atoms with Crippen LogP contribution in [0.25, 0.3) is 0 Å². The van der Waals surface area contributed by atoms with Gasteiger partial charge in [-0.25, -0.2) is 4.79 Å². The third kappa shape index (κ3) is 6.71. The Kier molecular flexibility index (Phi) is 9.57. The van der Waals surface area contributed by atoms with Gasteiger partial charge in [0, 0.05) is 12.5 Å². The van der Waals surface area contributed by atoms with Crippen LogP contribution < -0.4 is 0 Å². The number of aliphatic hydroxyl groups is 2. The zero-order chi connectivity index (χ0) is 17.1. The fourth-order valence-corrected chi connectivity index (χ4v) is 2.80. The quantitative estimate of drug-likeness (QED) is 0.481. The summed E-state index contributed by atoms with van der Waals surface area (Å²) >= 11 is 0. The Hall–Kier alpha value is -1.39. The van der Waals surface area contributed by atoms with Gasteiger partial charge in [-0.2, -0.15) is 0 Å². The highest BCUT2D eigenvalue weighted by Gasteiger charge is 2.30. The average molecular weight is 322 g/mol. The number of aliphatic hydroxyl groups excluding tert-OH is 2.